The van der Waals surface area contributed by atoms with Gasteiger partial charge in [0.05, 0.1) is 0 Å². The first kappa shape index (κ1) is 8.62. The topological polar surface area (TPSA) is 29.4 Å². The Morgan fingerprint density at radius 3 is 2.91 bits per heavy atom. The molecule has 0 atom stereocenters. The molecule has 4 heteroatoms. The van der Waals surface area contributed by atoms with Crippen LogP contribution < -0.4 is 0 Å². The molecule has 1 rings (SSSR count). The Bertz CT molecular complexity index is 252. The van der Waals surface area contributed by atoms with Crippen molar-refractivity contribution in [2.45, 2.75) is 4.90 Å². The first-order valence-corrected chi connectivity index (χ1v) is 5.56. The molecule has 0 unspecified atom stereocenters. The fourth-order valence-electron chi connectivity index (χ4n) is 0.688. The van der Waals surface area contributed by atoms with E-state index in [-0.39, 0.29) is 0 Å². The monoisotopic (exact) mass is 185 g/mol. The van der Waals surface area contributed by atoms with Crippen molar-refractivity contribution in [2.75, 3.05) is 6.26 Å². The fraction of sp³-hybridized carbons (Fsp3) is 0.143. The number of benzene rings is 1. The molecule has 1 aromatic carbocycles. The van der Waals surface area contributed by atoms with Crippen molar-refractivity contribution in [2.24, 2.45) is 5.18 Å². The van der Waals surface area contributed by atoms with Gasteiger partial charge in [-0.3, -0.25) is 0 Å². The summed E-state index contributed by atoms with van der Waals surface area (Å²) >= 11 is 0. The third kappa shape index (κ3) is 2.55. The lowest BCUT2D eigenvalue weighted by atomic mass is 10.3. The molecule has 0 amide bonds. The van der Waals surface area contributed by atoms with Gasteiger partial charge in [-0.25, -0.2) is 0 Å². The predicted octanol–water partition coefficient (Wildman–Crippen LogP) is 3.45. The second kappa shape index (κ2) is 4.41. The van der Waals surface area contributed by atoms with Gasteiger partial charge in [0.15, 0.2) is 0 Å². The molecule has 0 aliphatic carbocycles. The third-order valence-electron chi connectivity index (χ3n) is 1.10. The van der Waals surface area contributed by atoms with Crippen LogP contribution in [0.25, 0.3) is 0 Å². The van der Waals surface area contributed by atoms with Crippen LogP contribution >= 0.6 is 21.6 Å². The van der Waals surface area contributed by atoms with Gasteiger partial charge in [0.25, 0.3) is 0 Å². The maximum atomic E-state index is 10.1. The summed E-state index contributed by atoms with van der Waals surface area (Å²) in [4.78, 5) is 11.2. The number of hydrogen-bond acceptors (Lipinski definition) is 4. The Morgan fingerprint density at radius 2 is 2.27 bits per heavy atom. The molecule has 0 saturated heterocycles. The molecule has 0 N–H and O–H groups in total. The second-order valence-electron chi connectivity index (χ2n) is 1.84. The minimum absolute atomic E-state index is 0.490. The average Bonchev–Trinajstić information content (AvgIpc) is 2.06. The zero-order chi connectivity index (χ0) is 8.10. The molecule has 58 valence electrons. The lowest BCUT2D eigenvalue weighted by Crippen LogP contribution is -1.66. The molecule has 0 spiro atoms. The van der Waals surface area contributed by atoms with Gasteiger partial charge in [0.1, 0.15) is 5.69 Å². The van der Waals surface area contributed by atoms with Crippen molar-refractivity contribution in [1.82, 2.24) is 0 Å². The SMILES string of the molecule is CSSc1cccc(N=O)c1. The van der Waals surface area contributed by atoms with Crippen LogP contribution in [0.4, 0.5) is 5.69 Å². The van der Waals surface area contributed by atoms with Gasteiger partial charge in [0.2, 0.25) is 0 Å². The van der Waals surface area contributed by atoms with Crippen molar-refractivity contribution < 1.29 is 0 Å². The summed E-state index contributed by atoms with van der Waals surface area (Å²) in [5, 5.41) is 2.84. The number of nitroso groups, excluding NO2 is 1. The van der Waals surface area contributed by atoms with Gasteiger partial charge in [-0.15, -0.1) is 4.91 Å². The van der Waals surface area contributed by atoms with E-state index in [9.17, 15) is 4.91 Å². The second-order valence-corrected chi connectivity index (χ2v) is 4.31. The highest BCUT2D eigenvalue weighted by Gasteiger charge is 1.94. The highest BCUT2D eigenvalue weighted by Crippen LogP contribution is 2.30. The summed E-state index contributed by atoms with van der Waals surface area (Å²) in [6.07, 6.45) is 1.99. The summed E-state index contributed by atoms with van der Waals surface area (Å²) in [5.74, 6) is 0. The smallest absolute Gasteiger partial charge is 0.109 e. The predicted molar refractivity (Wildman–Crippen MR) is 51.3 cm³/mol. The molecule has 0 aromatic heterocycles. The fourth-order valence-corrected chi connectivity index (χ4v) is 2.07. The number of nitrogens with zero attached hydrogens (tertiary/aromatic N) is 1. The van der Waals surface area contributed by atoms with Gasteiger partial charge in [-0.05, 0) is 29.6 Å². The van der Waals surface area contributed by atoms with Crippen LogP contribution in [-0.4, -0.2) is 6.26 Å². The Hall–Kier alpha value is -0.480. The van der Waals surface area contributed by atoms with Gasteiger partial charge in [-0.2, -0.15) is 0 Å². The normalized spacial score (nSPS) is 9.55. The number of rotatable bonds is 3. The van der Waals surface area contributed by atoms with E-state index >= 15 is 0 Å². The van der Waals surface area contributed by atoms with E-state index in [4.69, 9.17) is 0 Å². The zero-order valence-corrected chi connectivity index (χ0v) is 7.61. The Labute approximate surface area is 73.1 Å². The molecule has 0 saturated carbocycles. The molecule has 1 aromatic rings. The van der Waals surface area contributed by atoms with Gasteiger partial charge in [-0.1, -0.05) is 27.7 Å². The molecule has 11 heavy (non-hydrogen) atoms. The Morgan fingerprint density at radius 1 is 1.45 bits per heavy atom. The van der Waals surface area contributed by atoms with Crippen LogP contribution in [0.15, 0.2) is 34.3 Å². The van der Waals surface area contributed by atoms with Crippen molar-refractivity contribution >= 4 is 27.3 Å². The van der Waals surface area contributed by atoms with Crippen LogP contribution in [0.3, 0.4) is 0 Å². The van der Waals surface area contributed by atoms with E-state index < -0.39 is 0 Å². The van der Waals surface area contributed by atoms with E-state index in [1.165, 1.54) is 0 Å². The Kier molecular flexibility index (Phi) is 3.45. The quantitative estimate of drug-likeness (QED) is 0.533. The highest BCUT2D eigenvalue weighted by molar-refractivity contribution is 8.76. The average molecular weight is 185 g/mol. The summed E-state index contributed by atoms with van der Waals surface area (Å²) in [6, 6.07) is 7.25. The van der Waals surface area contributed by atoms with Crippen LogP contribution in [0, 0.1) is 4.91 Å². The first-order chi connectivity index (χ1) is 5.36. The van der Waals surface area contributed by atoms with Crippen molar-refractivity contribution in [3.05, 3.63) is 29.2 Å². The van der Waals surface area contributed by atoms with Crippen LogP contribution in [0.2, 0.25) is 0 Å². The van der Waals surface area contributed by atoms with Gasteiger partial charge >= 0.3 is 0 Å². The first-order valence-electron chi connectivity index (χ1n) is 3.01. The largest absolute Gasteiger partial charge is 0.145 e. The Balaban J connectivity index is 2.82. The van der Waals surface area contributed by atoms with E-state index in [1.54, 1.807) is 33.7 Å². The molecule has 0 bridgehead atoms. The summed E-state index contributed by atoms with van der Waals surface area (Å²) in [7, 11) is 3.27. The lowest BCUT2D eigenvalue weighted by Gasteiger charge is -1.95. The van der Waals surface area contributed by atoms with Gasteiger partial charge < -0.3 is 0 Å². The van der Waals surface area contributed by atoms with E-state index in [0.29, 0.717) is 5.69 Å². The molecule has 0 aliphatic rings. The van der Waals surface area contributed by atoms with Crippen LogP contribution in [0.5, 0.6) is 0 Å². The summed E-state index contributed by atoms with van der Waals surface area (Å²) in [5.41, 5.74) is 0.490. The third-order valence-corrected chi connectivity index (χ3v) is 2.79. The van der Waals surface area contributed by atoms with Crippen molar-refractivity contribution in [3.63, 3.8) is 0 Å². The summed E-state index contributed by atoms with van der Waals surface area (Å²) < 4.78 is 0. The van der Waals surface area contributed by atoms with E-state index in [0.717, 1.165) is 4.90 Å². The van der Waals surface area contributed by atoms with E-state index in [1.807, 2.05) is 18.4 Å². The van der Waals surface area contributed by atoms with Crippen LogP contribution in [-0.2, 0) is 0 Å². The minimum atomic E-state index is 0.490. The zero-order valence-electron chi connectivity index (χ0n) is 5.98. The number of hydrogen-bond donors (Lipinski definition) is 0. The van der Waals surface area contributed by atoms with Crippen molar-refractivity contribution in [1.29, 1.82) is 0 Å². The molecular weight excluding hydrogens is 178 g/mol. The van der Waals surface area contributed by atoms with Gasteiger partial charge in [0, 0.05) is 4.90 Å². The molecule has 2 nitrogen and oxygen atoms in total. The summed E-state index contributed by atoms with van der Waals surface area (Å²) in [6.45, 7) is 0. The standard InChI is InChI=1S/C7H7NOS2/c1-10-11-7-4-2-3-6(5-7)8-9/h2-5H,1H3. The maximum Gasteiger partial charge on any atom is 0.109 e. The van der Waals surface area contributed by atoms with E-state index in [2.05, 4.69) is 5.18 Å². The lowest BCUT2D eigenvalue weighted by molar-refractivity contribution is 1.40. The molecule has 0 radical (unpaired) electrons. The molecule has 0 aliphatic heterocycles. The maximum absolute atomic E-state index is 10.1. The molecule has 0 heterocycles. The minimum Gasteiger partial charge on any atom is -0.145 e. The van der Waals surface area contributed by atoms with Crippen molar-refractivity contribution in [3.8, 4) is 0 Å². The highest BCUT2D eigenvalue weighted by atomic mass is 33.1. The molecular formula is C7H7NOS2. The van der Waals surface area contributed by atoms with Crippen LogP contribution in [0.1, 0.15) is 0 Å². The molecule has 0 fully saturated rings.